The van der Waals surface area contributed by atoms with E-state index in [4.69, 9.17) is 33.2 Å². The minimum Gasteiger partial charge on any atom is -0.369 e. The lowest BCUT2D eigenvalue weighted by atomic mass is 9.96. The zero-order valence-corrected chi connectivity index (χ0v) is 24.3. The molecule has 0 unspecified atom stereocenters. The van der Waals surface area contributed by atoms with Crippen LogP contribution in [-0.4, -0.2) is 57.5 Å². The van der Waals surface area contributed by atoms with Crippen LogP contribution < -0.4 is 5.32 Å². The Kier molecular flexibility index (Phi) is 8.73. The summed E-state index contributed by atoms with van der Waals surface area (Å²) in [5.74, 6) is 1.74. The lowest BCUT2D eigenvalue weighted by Gasteiger charge is -2.39. The number of halogens is 2. The number of aromatic nitrogens is 3. The van der Waals surface area contributed by atoms with Crippen molar-refractivity contribution in [1.29, 1.82) is 0 Å². The lowest BCUT2D eigenvalue weighted by molar-refractivity contribution is 0.103. The molecular weight excluding hydrogens is 551 g/mol. The third-order valence-electron chi connectivity index (χ3n) is 7.61. The topological polar surface area (TPSA) is 57.2 Å². The molecule has 0 atom stereocenters. The molecule has 0 amide bonds. The predicted octanol–water partition coefficient (Wildman–Crippen LogP) is 6.89. The second-order valence-electron chi connectivity index (χ2n) is 10.4. The average molecular weight is 584 g/mol. The molecule has 0 aliphatic carbocycles. The Morgan fingerprint density at radius 1 is 0.732 bits per heavy atom. The van der Waals surface area contributed by atoms with Gasteiger partial charge in [-0.3, -0.25) is 14.8 Å². The standard InChI is InChI=1S/C33H32Cl2N6/c34-27-9-5-25(6-10-27)32(26-7-11-28(35)12-8-26)41-21-19-40(20-22-41)23-31-38-30-4-2-1-3-29(30)33(39-31)37-18-15-24-13-16-36-17-14-24/h1-14,16-17,32H,15,18-23H2,(H,37,38,39). The molecule has 3 heterocycles. The number of pyridine rings is 1. The summed E-state index contributed by atoms with van der Waals surface area (Å²) in [5, 5.41) is 6.10. The van der Waals surface area contributed by atoms with Crippen molar-refractivity contribution >= 4 is 39.9 Å². The van der Waals surface area contributed by atoms with Gasteiger partial charge in [-0.2, -0.15) is 0 Å². The van der Waals surface area contributed by atoms with Crippen molar-refractivity contribution < 1.29 is 0 Å². The third-order valence-corrected chi connectivity index (χ3v) is 8.12. The number of nitrogens with zero attached hydrogens (tertiary/aromatic N) is 5. The van der Waals surface area contributed by atoms with Crippen molar-refractivity contribution in [2.75, 3.05) is 38.0 Å². The summed E-state index contributed by atoms with van der Waals surface area (Å²) in [6, 6.07) is 28.8. The number of hydrogen-bond donors (Lipinski definition) is 1. The van der Waals surface area contributed by atoms with Crippen LogP contribution in [0.3, 0.4) is 0 Å². The smallest absolute Gasteiger partial charge is 0.145 e. The fourth-order valence-electron chi connectivity index (χ4n) is 5.49. The van der Waals surface area contributed by atoms with E-state index in [1.54, 1.807) is 0 Å². The average Bonchev–Trinajstić information content (AvgIpc) is 3.00. The monoisotopic (exact) mass is 582 g/mol. The summed E-state index contributed by atoms with van der Waals surface area (Å²) in [7, 11) is 0. The first kappa shape index (κ1) is 27.6. The third kappa shape index (κ3) is 6.85. The number of hydrogen-bond acceptors (Lipinski definition) is 6. The van der Waals surface area contributed by atoms with Gasteiger partial charge in [0.25, 0.3) is 0 Å². The molecule has 2 aromatic heterocycles. The van der Waals surface area contributed by atoms with E-state index in [1.165, 1.54) is 16.7 Å². The summed E-state index contributed by atoms with van der Waals surface area (Å²) < 4.78 is 0. The Morgan fingerprint density at radius 2 is 1.37 bits per heavy atom. The second-order valence-corrected chi connectivity index (χ2v) is 11.2. The first-order valence-electron chi connectivity index (χ1n) is 14.0. The second kappa shape index (κ2) is 13.0. The molecule has 208 valence electrons. The number of anilines is 1. The Morgan fingerprint density at radius 3 is 2.02 bits per heavy atom. The minimum atomic E-state index is 0.139. The largest absolute Gasteiger partial charge is 0.369 e. The first-order chi connectivity index (χ1) is 20.1. The van der Waals surface area contributed by atoms with Gasteiger partial charge in [-0.15, -0.1) is 0 Å². The summed E-state index contributed by atoms with van der Waals surface area (Å²) in [6.07, 6.45) is 4.57. The Hall–Kier alpha value is -3.55. The number of rotatable bonds is 9. The van der Waals surface area contributed by atoms with Gasteiger partial charge in [-0.25, -0.2) is 9.97 Å². The van der Waals surface area contributed by atoms with Crippen LogP contribution in [0.2, 0.25) is 10.0 Å². The van der Waals surface area contributed by atoms with Crippen molar-refractivity contribution in [2.24, 2.45) is 0 Å². The maximum atomic E-state index is 6.21. The van der Waals surface area contributed by atoms with E-state index in [0.29, 0.717) is 6.54 Å². The van der Waals surface area contributed by atoms with Gasteiger partial charge >= 0.3 is 0 Å². The van der Waals surface area contributed by atoms with E-state index < -0.39 is 0 Å². The molecule has 0 spiro atoms. The highest BCUT2D eigenvalue weighted by Crippen LogP contribution is 2.31. The summed E-state index contributed by atoms with van der Waals surface area (Å²) in [4.78, 5) is 19.0. The van der Waals surface area contributed by atoms with E-state index in [2.05, 4.69) is 68.6 Å². The van der Waals surface area contributed by atoms with Crippen LogP contribution in [0.25, 0.3) is 10.9 Å². The predicted molar refractivity (Wildman–Crippen MR) is 168 cm³/mol. The summed E-state index contributed by atoms with van der Waals surface area (Å²) in [5.41, 5.74) is 4.67. The van der Waals surface area contributed by atoms with Gasteiger partial charge in [-0.1, -0.05) is 59.6 Å². The van der Waals surface area contributed by atoms with Crippen LogP contribution >= 0.6 is 23.2 Å². The molecule has 0 radical (unpaired) electrons. The SMILES string of the molecule is Clc1ccc(C(c2ccc(Cl)cc2)N2CCN(Cc3nc(NCCc4ccncc4)c4ccccc4n3)CC2)cc1. The summed E-state index contributed by atoms with van der Waals surface area (Å²) in [6.45, 7) is 5.22. The number of benzene rings is 3. The van der Waals surface area contributed by atoms with Crippen molar-refractivity contribution in [1.82, 2.24) is 24.8 Å². The van der Waals surface area contributed by atoms with E-state index >= 15 is 0 Å². The fraction of sp³-hybridized carbons (Fsp3) is 0.242. The van der Waals surface area contributed by atoms with Crippen LogP contribution in [0.15, 0.2) is 97.3 Å². The number of para-hydroxylation sites is 1. The highest BCUT2D eigenvalue weighted by atomic mass is 35.5. The van der Waals surface area contributed by atoms with E-state index in [0.717, 1.165) is 71.7 Å². The Bertz CT molecular complexity index is 1520. The Balaban J connectivity index is 1.15. The number of piperazine rings is 1. The Labute approximate surface area is 251 Å². The van der Waals surface area contributed by atoms with Gasteiger partial charge in [0, 0.05) is 60.5 Å². The lowest BCUT2D eigenvalue weighted by Crippen LogP contribution is -2.47. The normalized spacial score (nSPS) is 14.5. The van der Waals surface area contributed by atoms with Gasteiger partial charge < -0.3 is 5.32 Å². The quantitative estimate of drug-likeness (QED) is 0.204. The molecule has 1 aliphatic rings. The van der Waals surface area contributed by atoms with E-state index in [-0.39, 0.29) is 6.04 Å². The van der Waals surface area contributed by atoms with Crippen LogP contribution in [-0.2, 0) is 13.0 Å². The molecule has 1 saturated heterocycles. The van der Waals surface area contributed by atoms with Gasteiger partial charge in [-0.05, 0) is 71.6 Å². The van der Waals surface area contributed by atoms with Gasteiger partial charge in [0.2, 0.25) is 0 Å². The van der Waals surface area contributed by atoms with E-state index in [9.17, 15) is 0 Å². The fourth-order valence-corrected chi connectivity index (χ4v) is 5.74. The highest BCUT2D eigenvalue weighted by molar-refractivity contribution is 6.30. The first-order valence-corrected chi connectivity index (χ1v) is 14.7. The molecule has 1 fully saturated rings. The molecule has 0 saturated carbocycles. The van der Waals surface area contributed by atoms with Crippen molar-refractivity contribution in [3.63, 3.8) is 0 Å². The van der Waals surface area contributed by atoms with Crippen LogP contribution in [0, 0.1) is 0 Å². The van der Waals surface area contributed by atoms with Crippen LogP contribution in [0.4, 0.5) is 5.82 Å². The summed E-state index contributed by atoms with van der Waals surface area (Å²) >= 11 is 12.4. The van der Waals surface area contributed by atoms with Gasteiger partial charge in [0.1, 0.15) is 11.6 Å². The molecule has 1 N–H and O–H groups in total. The molecule has 6 rings (SSSR count). The van der Waals surface area contributed by atoms with Gasteiger partial charge in [0.15, 0.2) is 0 Å². The van der Waals surface area contributed by atoms with Crippen LogP contribution in [0.1, 0.15) is 28.6 Å². The zero-order valence-electron chi connectivity index (χ0n) is 22.8. The maximum absolute atomic E-state index is 6.21. The molecule has 1 aliphatic heterocycles. The van der Waals surface area contributed by atoms with Crippen LogP contribution in [0.5, 0.6) is 0 Å². The van der Waals surface area contributed by atoms with Crippen molar-refractivity contribution in [3.8, 4) is 0 Å². The molecule has 8 heteroatoms. The highest BCUT2D eigenvalue weighted by Gasteiger charge is 2.27. The van der Waals surface area contributed by atoms with Crippen molar-refractivity contribution in [3.05, 3.63) is 130 Å². The van der Waals surface area contributed by atoms with E-state index in [1.807, 2.05) is 48.8 Å². The molecular formula is C33H32Cl2N6. The minimum absolute atomic E-state index is 0.139. The molecule has 5 aromatic rings. The maximum Gasteiger partial charge on any atom is 0.145 e. The number of fused-ring (bicyclic) bond motifs is 1. The molecule has 6 nitrogen and oxygen atoms in total. The van der Waals surface area contributed by atoms with Crippen molar-refractivity contribution in [2.45, 2.75) is 19.0 Å². The molecule has 3 aromatic carbocycles. The number of nitrogens with one attached hydrogen (secondary N) is 1. The van der Waals surface area contributed by atoms with Gasteiger partial charge in [0.05, 0.1) is 18.1 Å². The zero-order chi connectivity index (χ0) is 28.0. The molecule has 0 bridgehead atoms. The molecule has 41 heavy (non-hydrogen) atoms.